The summed E-state index contributed by atoms with van der Waals surface area (Å²) >= 11 is 0. The normalized spacial score (nSPS) is 25.2. The average Bonchev–Trinajstić information content (AvgIpc) is 3.04. The molecule has 0 radical (unpaired) electrons. The van der Waals surface area contributed by atoms with E-state index in [2.05, 4.69) is 25.9 Å². The lowest BCUT2D eigenvalue weighted by Crippen LogP contribution is -2.47. The first-order chi connectivity index (χ1) is 10.1. The first-order valence-corrected chi connectivity index (χ1v) is 7.11. The number of aromatic amines is 1. The molecule has 0 aromatic carbocycles. The number of imidazole rings is 1. The molecule has 5 N–H and O–H groups in total. The number of nitrogens with zero attached hydrogens (tertiary/aromatic N) is 1. The summed E-state index contributed by atoms with van der Waals surface area (Å²) in [6.45, 7) is 5.04. The Morgan fingerprint density at radius 2 is 2.43 bits per heavy atom. The van der Waals surface area contributed by atoms with Crippen LogP contribution >= 0.6 is 0 Å². The number of nitrogens with one attached hydrogen (secondary N) is 4. The van der Waals surface area contributed by atoms with Crippen molar-refractivity contribution in [2.75, 3.05) is 13.2 Å². The van der Waals surface area contributed by atoms with E-state index in [0.717, 1.165) is 5.69 Å². The van der Waals surface area contributed by atoms with E-state index in [1.165, 1.54) is 0 Å². The maximum absolute atomic E-state index is 11.5. The molecule has 118 valence electrons. The number of aliphatic hydroxyl groups excluding tert-OH is 1. The number of aliphatic hydroxyl groups is 1. The van der Waals surface area contributed by atoms with Gasteiger partial charge < -0.3 is 30.8 Å². The smallest absolute Gasteiger partial charge is 0.315 e. The number of aromatic nitrogens is 2. The highest BCUT2D eigenvalue weighted by Crippen LogP contribution is 2.14. The van der Waals surface area contributed by atoms with E-state index in [1.807, 2.05) is 13.8 Å². The minimum atomic E-state index is -0.660. The number of hydrogen-bond donors (Lipinski definition) is 5. The molecule has 2 rings (SSSR count). The molecule has 8 nitrogen and oxygen atoms in total. The minimum absolute atomic E-state index is 0.0724. The van der Waals surface area contributed by atoms with Crippen LogP contribution in [0.4, 0.5) is 4.79 Å². The van der Waals surface area contributed by atoms with E-state index in [9.17, 15) is 9.90 Å². The summed E-state index contributed by atoms with van der Waals surface area (Å²) in [5, 5.41) is 18.8. The first-order valence-electron chi connectivity index (χ1n) is 7.11. The Morgan fingerprint density at radius 3 is 3.10 bits per heavy atom. The molecule has 0 bridgehead atoms. The lowest BCUT2D eigenvalue weighted by molar-refractivity contribution is 0.0425. The fourth-order valence-corrected chi connectivity index (χ4v) is 2.17. The van der Waals surface area contributed by atoms with Gasteiger partial charge in [-0.3, -0.25) is 0 Å². The first kappa shape index (κ1) is 15.7. The van der Waals surface area contributed by atoms with E-state index in [0.29, 0.717) is 13.2 Å². The predicted octanol–water partition coefficient (Wildman–Crippen LogP) is -0.665. The van der Waals surface area contributed by atoms with Crippen molar-refractivity contribution in [3.8, 4) is 0 Å². The van der Waals surface area contributed by atoms with E-state index < -0.39 is 12.2 Å². The molecule has 0 unspecified atom stereocenters. The second-order valence-corrected chi connectivity index (χ2v) is 5.44. The molecule has 1 fully saturated rings. The molecule has 1 aliphatic rings. The van der Waals surface area contributed by atoms with Crippen LogP contribution in [0.1, 0.15) is 19.5 Å². The number of carbonyl (C=O) groups is 1. The van der Waals surface area contributed by atoms with Gasteiger partial charge in [0.15, 0.2) is 0 Å². The Labute approximate surface area is 123 Å². The third kappa shape index (κ3) is 4.69. The number of hydrogen-bond acceptors (Lipinski definition) is 5. The van der Waals surface area contributed by atoms with Gasteiger partial charge in [0.25, 0.3) is 0 Å². The number of H-pyrrole nitrogens is 1. The second kappa shape index (κ2) is 7.39. The summed E-state index contributed by atoms with van der Waals surface area (Å²) in [5.41, 5.74) is 0.945. The van der Waals surface area contributed by atoms with Gasteiger partial charge in [-0.1, -0.05) is 0 Å². The van der Waals surface area contributed by atoms with E-state index >= 15 is 0 Å². The Morgan fingerprint density at radius 1 is 1.62 bits per heavy atom. The average molecular weight is 297 g/mol. The van der Waals surface area contributed by atoms with Crippen molar-refractivity contribution in [1.29, 1.82) is 0 Å². The van der Waals surface area contributed by atoms with Gasteiger partial charge in [0, 0.05) is 31.0 Å². The van der Waals surface area contributed by atoms with Gasteiger partial charge in [0.05, 0.1) is 25.1 Å². The van der Waals surface area contributed by atoms with Gasteiger partial charge in [-0.25, -0.2) is 9.78 Å². The van der Waals surface area contributed by atoms with Gasteiger partial charge in [-0.05, 0) is 13.8 Å². The van der Waals surface area contributed by atoms with Crippen LogP contribution < -0.4 is 16.0 Å². The fourth-order valence-electron chi connectivity index (χ4n) is 2.17. The lowest BCUT2D eigenvalue weighted by atomic mass is 10.1. The SMILES string of the molecule is CC(C)NC(=O)NC[C@H]1OC[C@@H](NCc2cnc[nH]2)[C@@H]1O. The van der Waals surface area contributed by atoms with Gasteiger partial charge in [0.1, 0.15) is 6.10 Å². The molecule has 0 saturated carbocycles. The van der Waals surface area contributed by atoms with Crippen molar-refractivity contribution in [1.82, 2.24) is 25.9 Å². The van der Waals surface area contributed by atoms with Crippen molar-refractivity contribution in [3.63, 3.8) is 0 Å². The summed E-state index contributed by atoms with van der Waals surface area (Å²) in [6.07, 6.45) is 2.28. The van der Waals surface area contributed by atoms with Gasteiger partial charge >= 0.3 is 6.03 Å². The van der Waals surface area contributed by atoms with E-state index in [-0.39, 0.29) is 24.7 Å². The summed E-state index contributed by atoms with van der Waals surface area (Å²) in [7, 11) is 0. The highest BCUT2D eigenvalue weighted by atomic mass is 16.5. The van der Waals surface area contributed by atoms with Crippen molar-refractivity contribution < 1.29 is 14.6 Å². The maximum atomic E-state index is 11.5. The standard InChI is InChI=1S/C13H23N5O3/c1-8(2)18-13(20)16-5-11-12(19)10(6-21-11)15-4-9-3-14-7-17-9/h3,7-8,10-12,15,19H,4-6H2,1-2H3,(H,14,17)(H2,16,18,20)/t10-,11-,12+/m1/s1. The van der Waals surface area contributed by atoms with Crippen LogP contribution in [0.5, 0.6) is 0 Å². The Bertz CT molecular complexity index is 437. The van der Waals surface area contributed by atoms with Gasteiger partial charge in [-0.2, -0.15) is 0 Å². The highest BCUT2D eigenvalue weighted by Gasteiger charge is 2.35. The molecule has 1 aliphatic heterocycles. The molecule has 0 spiro atoms. The largest absolute Gasteiger partial charge is 0.389 e. The van der Waals surface area contributed by atoms with E-state index in [4.69, 9.17) is 4.74 Å². The summed E-state index contributed by atoms with van der Waals surface area (Å²) in [6, 6.07) is -0.342. The van der Waals surface area contributed by atoms with Crippen LogP contribution in [0.2, 0.25) is 0 Å². The molecule has 1 saturated heterocycles. The van der Waals surface area contributed by atoms with Crippen LogP contribution in [0.25, 0.3) is 0 Å². The zero-order valence-electron chi connectivity index (χ0n) is 12.3. The van der Waals surface area contributed by atoms with Crippen molar-refractivity contribution in [2.45, 2.75) is 44.7 Å². The molecule has 3 atom stereocenters. The van der Waals surface area contributed by atoms with Crippen molar-refractivity contribution >= 4 is 6.03 Å². The topological polar surface area (TPSA) is 111 Å². The third-order valence-corrected chi connectivity index (χ3v) is 3.28. The number of rotatable bonds is 6. The summed E-state index contributed by atoms with van der Waals surface area (Å²) in [4.78, 5) is 18.4. The van der Waals surface area contributed by atoms with E-state index in [1.54, 1.807) is 12.5 Å². The maximum Gasteiger partial charge on any atom is 0.315 e. The number of ether oxygens (including phenoxy) is 1. The summed E-state index contributed by atoms with van der Waals surface area (Å²) in [5.74, 6) is 0. The molecular formula is C13H23N5O3. The second-order valence-electron chi connectivity index (χ2n) is 5.44. The Hall–Kier alpha value is -1.64. The highest BCUT2D eigenvalue weighted by molar-refractivity contribution is 5.74. The fraction of sp³-hybridized carbons (Fsp3) is 0.692. The molecule has 21 heavy (non-hydrogen) atoms. The zero-order chi connectivity index (χ0) is 15.2. The minimum Gasteiger partial charge on any atom is -0.389 e. The van der Waals surface area contributed by atoms with Crippen LogP contribution in [-0.2, 0) is 11.3 Å². The third-order valence-electron chi connectivity index (χ3n) is 3.28. The molecular weight excluding hydrogens is 274 g/mol. The molecule has 8 heteroatoms. The van der Waals surface area contributed by atoms with Crippen molar-refractivity contribution in [2.24, 2.45) is 0 Å². The quantitative estimate of drug-likeness (QED) is 0.478. The zero-order valence-corrected chi connectivity index (χ0v) is 12.3. The number of urea groups is 1. The molecule has 0 aliphatic carbocycles. The van der Waals surface area contributed by atoms with Crippen LogP contribution in [0, 0.1) is 0 Å². The van der Waals surface area contributed by atoms with Crippen molar-refractivity contribution in [3.05, 3.63) is 18.2 Å². The summed E-state index contributed by atoms with van der Waals surface area (Å²) < 4.78 is 5.52. The molecule has 1 aromatic heterocycles. The molecule has 2 heterocycles. The van der Waals surface area contributed by atoms with Gasteiger partial charge in [0.2, 0.25) is 0 Å². The monoisotopic (exact) mass is 297 g/mol. The Kier molecular flexibility index (Phi) is 5.54. The molecule has 1 aromatic rings. The van der Waals surface area contributed by atoms with Crippen LogP contribution in [0.3, 0.4) is 0 Å². The lowest BCUT2D eigenvalue weighted by Gasteiger charge is -2.19. The molecule has 2 amide bonds. The predicted molar refractivity (Wildman–Crippen MR) is 76.6 cm³/mol. The van der Waals surface area contributed by atoms with Crippen LogP contribution in [-0.4, -0.2) is 58.5 Å². The van der Waals surface area contributed by atoms with Gasteiger partial charge in [-0.15, -0.1) is 0 Å². The number of amides is 2. The Balaban J connectivity index is 1.71. The number of carbonyl (C=O) groups excluding carboxylic acids is 1. The van der Waals surface area contributed by atoms with Crippen LogP contribution in [0.15, 0.2) is 12.5 Å².